The van der Waals surface area contributed by atoms with Crippen LogP contribution in [0.2, 0.25) is 0 Å². The number of benzene rings is 1. The van der Waals surface area contributed by atoms with E-state index in [0.717, 1.165) is 24.0 Å². The van der Waals surface area contributed by atoms with Gasteiger partial charge in [0.05, 0.1) is 6.04 Å². The lowest BCUT2D eigenvalue weighted by Crippen LogP contribution is -2.69. The Hall–Kier alpha value is -0.870. The predicted octanol–water partition coefficient (Wildman–Crippen LogP) is 1.86. The number of piperidine rings is 1. The van der Waals surface area contributed by atoms with E-state index in [4.69, 9.17) is 0 Å². The lowest BCUT2D eigenvalue weighted by molar-refractivity contribution is -0.157. The Morgan fingerprint density at radius 1 is 1.41 bits per heavy atom. The van der Waals surface area contributed by atoms with Gasteiger partial charge in [0, 0.05) is 23.6 Å². The molecule has 3 saturated heterocycles. The fourth-order valence-electron chi connectivity index (χ4n) is 2.71. The molecule has 1 amide bonds. The van der Waals surface area contributed by atoms with Crippen molar-refractivity contribution in [3.63, 3.8) is 0 Å². The summed E-state index contributed by atoms with van der Waals surface area (Å²) in [6.07, 6.45) is 1.04. The van der Waals surface area contributed by atoms with Crippen molar-refractivity contribution in [2.45, 2.75) is 25.0 Å². The Kier molecular flexibility index (Phi) is 2.71. The van der Waals surface area contributed by atoms with E-state index < -0.39 is 0 Å². The van der Waals surface area contributed by atoms with Gasteiger partial charge in [-0.3, -0.25) is 9.69 Å². The molecular weight excluding hydrogens is 280 g/mol. The van der Waals surface area contributed by atoms with Crippen LogP contribution in [0.4, 0.5) is 0 Å². The molecule has 3 fully saturated rings. The summed E-state index contributed by atoms with van der Waals surface area (Å²) >= 11 is 3.53. The Bertz CT molecular complexity index is 462. The Morgan fingerprint density at radius 2 is 2.18 bits per heavy atom. The van der Waals surface area contributed by atoms with E-state index >= 15 is 0 Å². The van der Waals surface area contributed by atoms with Gasteiger partial charge in [-0.1, -0.05) is 34.1 Å². The molecule has 2 bridgehead atoms. The van der Waals surface area contributed by atoms with Crippen LogP contribution in [-0.4, -0.2) is 41.4 Å². The fourth-order valence-corrected chi connectivity index (χ4v) is 3.13. The zero-order valence-corrected chi connectivity index (χ0v) is 11.4. The van der Waals surface area contributed by atoms with Gasteiger partial charge in [0.2, 0.25) is 5.91 Å². The molecule has 4 rings (SSSR count). The number of likely N-dealkylation sites (N-methyl/N-ethyl adjacent to an activating group) is 1. The molecule has 3 aliphatic rings. The van der Waals surface area contributed by atoms with E-state index in [1.54, 1.807) is 0 Å². The van der Waals surface area contributed by atoms with Gasteiger partial charge in [0.25, 0.3) is 0 Å². The molecule has 3 heterocycles. The van der Waals surface area contributed by atoms with Crippen LogP contribution in [0.15, 0.2) is 28.7 Å². The molecule has 2 unspecified atom stereocenters. The second-order valence-electron chi connectivity index (χ2n) is 4.88. The third-order valence-corrected chi connectivity index (χ3v) is 4.68. The molecule has 3 aliphatic heterocycles. The maximum Gasteiger partial charge on any atom is 0.240 e. The smallest absolute Gasteiger partial charge is 0.240 e. The number of fused-ring (bicyclic) bond motifs is 2. The molecule has 0 aliphatic carbocycles. The summed E-state index contributed by atoms with van der Waals surface area (Å²) in [7, 11) is 2.05. The molecule has 0 radical (unpaired) electrons. The minimum absolute atomic E-state index is 0.135. The summed E-state index contributed by atoms with van der Waals surface area (Å²) in [6.45, 7) is 1.59. The summed E-state index contributed by atoms with van der Waals surface area (Å²) in [4.78, 5) is 16.3. The Morgan fingerprint density at radius 3 is 2.82 bits per heavy atom. The number of hydrogen-bond acceptors (Lipinski definition) is 2. The molecule has 1 aromatic rings. The minimum atomic E-state index is 0.135. The minimum Gasteiger partial charge on any atom is -0.335 e. The quantitative estimate of drug-likeness (QED) is 0.831. The highest BCUT2D eigenvalue weighted by atomic mass is 79.9. The summed E-state index contributed by atoms with van der Waals surface area (Å²) in [5.74, 6) is 0.283. The highest BCUT2D eigenvalue weighted by Gasteiger charge is 2.47. The van der Waals surface area contributed by atoms with Crippen molar-refractivity contribution in [3.8, 4) is 0 Å². The van der Waals surface area contributed by atoms with Gasteiger partial charge < -0.3 is 4.90 Å². The summed E-state index contributed by atoms with van der Waals surface area (Å²) in [6, 6.07) is 8.81. The van der Waals surface area contributed by atoms with Crippen LogP contribution in [0.3, 0.4) is 0 Å². The molecule has 2 atom stereocenters. The molecule has 17 heavy (non-hydrogen) atoms. The van der Waals surface area contributed by atoms with Crippen LogP contribution in [-0.2, 0) is 11.3 Å². The molecule has 0 spiro atoms. The van der Waals surface area contributed by atoms with E-state index in [1.807, 2.05) is 30.1 Å². The lowest BCUT2D eigenvalue weighted by atomic mass is 9.87. The number of hydrogen-bond donors (Lipinski definition) is 0. The van der Waals surface area contributed by atoms with Gasteiger partial charge in [0.15, 0.2) is 0 Å². The van der Waals surface area contributed by atoms with Crippen molar-refractivity contribution < 1.29 is 4.79 Å². The first kappa shape index (κ1) is 11.2. The fraction of sp³-hybridized carbons (Fsp3) is 0.462. The molecule has 3 nitrogen and oxygen atoms in total. The van der Waals surface area contributed by atoms with Gasteiger partial charge in [-0.05, 0) is 25.1 Å². The highest BCUT2D eigenvalue weighted by Crippen LogP contribution is 2.32. The van der Waals surface area contributed by atoms with Crippen molar-refractivity contribution in [2.75, 3.05) is 13.6 Å². The second kappa shape index (κ2) is 4.10. The average molecular weight is 295 g/mol. The van der Waals surface area contributed by atoms with Crippen LogP contribution in [0.5, 0.6) is 0 Å². The number of piperazine rings is 1. The molecule has 90 valence electrons. The van der Waals surface area contributed by atoms with Gasteiger partial charge in [-0.25, -0.2) is 0 Å². The van der Waals surface area contributed by atoms with Gasteiger partial charge in [0.1, 0.15) is 0 Å². The van der Waals surface area contributed by atoms with Gasteiger partial charge in [-0.2, -0.15) is 0 Å². The third-order valence-electron chi connectivity index (χ3n) is 3.91. The summed E-state index contributed by atoms with van der Waals surface area (Å²) in [5.41, 5.74) is 1.19. The van der Waals surface area contributed by atoms with Crippen molar-refractivity contribution in [3.05, 3.63) is 34.3 Å². The zero-order chi connectivity index (χ0) is 12.0. The standard InChI is InChI=1S/C13H15BrN2O/c1-15-10-6-12(15)13(17)16(8-10)7-9-4-2-3-5-11(9)14/h2-5,10,12H,6-8H2,1H3. The van der Waals surface area contributed by atoms with E-state index in [0.29, 0.717) is 6.04 Å². The first-order valence-electron chi connectivity index (χ1n) is 5.91. The number of carbonyl (C=O) groups excluding carboxylic acids is 1. The first-order chi connectivity index (χ1) is 8.16. The van der Waals surface area contributed by atoms with Crippen LogP contribution < -0.4 is 0 Å². The van der Waals surface area contributed by atoms with Crippen molar-refractivity contribution in [1.82, 2.24) is 9.80 Å². The van der Waals surface area contributed by atoms with E-state index in [1.165, 1.54) is 5.56 Å². The normalized spacial score (nSPS) is 28.1. The van der Waals surface area contributed by atoms with Crippen LogP contribution >= 0.6 is 15.9 Å². The SMILES string of the molecule is CN1C2CC1C(=O)N(Cc1ccccc1Br)C2. The molecule has 0 N–H and O–H groups in total. The van der Waals surface area contributed by atoms with Gasteiger partial charge in [-0.15, -0.1) is 0 Å². The van der Waals surface area contributed by atoms with Crippen LogP contribution in [0.25, 0.3) is 0 Å². The van der Waals surface area contributed by atoms with E-state index in [2.05, 4.69) is 26.9 Å². The number of halogens is 1. The second-order valence-corrected chi connectivity index (χ2v) is 5.74. The maximum atomic E-state index is 12.2. The summed E-state index contributed by atoms with van der Waals surface area (Å²) < 4.78 is 1.08. The van der Waals surface area contributed by atoms with Crippen molar-refractivity contribution in [1.29, 1.82) is 0 Å². The highest BCUT2D eigenvalue weighted by molar-refractivity contribution is 9.10. The topological polar surface area (TPSA) is 23.6 Å². The average Bonchev–Trinajstić information content (AvgIpc) is 2.33. The van der Waals surface area contributed by atoms with Crippen molar-refractivity contribution in [2.24, 2.45) is 0 Å². The number of carbonyl (C=O) groups is 1. The molecule has 0 saturated carbocycles. The third kappa shape index (κ3) is 1.79. The number of rotatable bonds is 2. The molecule has 4 heteroatoms. The lowest BCUT2D eigenvalue weighted by Gasteiger charge is -2.53. The Balaban J connectivity index is 1.75. The molecule has 1 aromatic carbocycles. The van der Waals surface area contributed by atoms with E-state index in [-0.39, 0.29) is 11.9 Å². The van der Waals surface area contributed by atoms with E-state index in [9.17, 15) is 4.79 Å². The van der Waals surface area contributed by atoms with Crippen LogP contribution in [0, 0.1) is 0 Å². The molecule has 0 aromatic heterocycles. The maximum absolute atomic E-state index is 12.2. The van der Waals surface area contributed by atoms with Crippen LogP contribution in [0.1, 0.15) is 12.0 Å². The zero-order valence-electron chi connectivity index (χ0n) is 9.77. The number of nitrogens with zero attached hydrogens (tertiary/aromatic N) is 2. The number of amides is 1. The first-order valence-corrected chi connectivity index (χ1v) is 6.70. The largest absolute Gasteiger partial charge is 0.335 e. The summed E-state index contributed by atoms with van der Waals surface area (Å²) in [5, 5.41) is 0. The predicted molar refractivity (Wildman–Crippen MR) is 69.5 cm³/mol. The monoisotopic (exact) mass is 294 g/mol. The van der Waals surface area contributed by atoms with Gasteiger partial charge >= 0.3 is 0 Å². The van der Waals surface area contributed by atoms with Crippen molar-refractivity contribution >= 4 is 21.8 Å². The molecular formula is C13H15BrN2O. The Labute approximate surface area is 110 Å².